The zero-order valence-electron chi connectivity index (χ0n) is 7.13. The molecule has 1 unspecified atom stereocenters. The van der Waals surface area contributed by atoms with E-state index in [1.54, 1.807) is 31.2 Å². The topological polar surface area (TPSA) is 20.2 Å². The lowest BCUT2D eigenvalue weighted by Crippen LogP contribution is -2.23. The molecule has 1 rings (SSSR count). The molecule has 1 atom stereocenters. The second-order valence-corrected chi connectivity index (χ2v) is 2.84. The van der Waals surface area contributed by atoms with Crippen molar-refractivity contribution in [3.05, 3.63) is 35.9 Å². The highest BCUT2D eigenvalue weighted by Gasteiger charge is 2.28. The minimum atomic E-state index is -1.57. The van der Waals surface area contributed by atoms with E-state index in [1.165, 1.54) is 0 Å². The van der Waals surface area contributed by atoms with Gasteiger partial charge in [-0.05, 0) is 12.0 Å². The van der Waals surface area contributed by atoms with Crippen LogP contribution in [0.2, 0.25) is 0 Å². The molecule has 1 aromatic carbocycles. The molecule has 0 spiro atoms. The second-order valence-electron chi connectivity index (χ2n) is 2.84. The van der Waals surface area contributed by atoms with E-state index in [9.17, 15) is 4.39 Å². The van der Waals surface area contributed by atoms with Crippen LogP contribution in [0.15, 0.2) is 30.3 Å². The summed E-state index contributed by atoms with van der Waals surface area (Å²) in [6.45, 7) is 1.27. The number of hydrogen-bond donors (Lipinski definition) is 1. The van der Waals surface area contributed by atoms with Crippen molar-refractivity contribution in [3.8, 4) is 0 Å². The lowest BCUT2D eigenvalue weighted by molar-refractivity contribution is 0.0649. The predicted molar refractivity (Wildman–Crippen MR) is 46.6 cm³/mol. The van der Waals surface area contributed by atoms with Crippen molar-refractivity contribution in [2.45, 2.75) is 19.0 Å². The molecular weight excluding hydrogens is 155 g/mol. The highest BCUT2D eigenvalue weighted by atomic mass is 19.1. The number of alkyl halides is 1. The Morgan fingerprint density at radius 2 is 1.92 bits per heavy atom. The third-order valence-corrected chi connectivity index (χ3v) is 2.10. The number of hydrogen-bond acceptors (Lipinski definition) is 1. The lowest BCUT2D eigenvalue weighted by atomic mass is 9.94. The van der Waals surface area contributed by atoms with Gasteiger partial charge in [0.25, 0.3) is 0 Å². The van der Waals surface area contributed by atoms with Crippen LogP contribution in [0.1, 0.15) is 18.9 Å². The summed E-state index contributed by atoms with van der Waals surface area (Å²) >= 11 is 0. The van der Waals surface area contributed by atoms with Crippen molar-refractivity contribution in [2.24, 2.45) is 0 Å². The molecule has 0 saturated carbocycles. The van der Waals surface area contributed by atoms with Crippen LogP contribution >= 0.6 is 0 Å². The second kappa shape index (κ2) is 3.68. The molecule has 0 heterocycles. The summed E-state index contributed by atoms with van der Waals surface area (Å²) in [5, 5.41) is 8.86. The Balaban J connectivity index is 2.95. The van der Waals surface area contributed by atoms with E-state index in [0.717, 1.165) is 0 Å². The normalized spacial score (nSPS) is 15.6. The fourth-order valence-corrected chi connectivity index (χ4v) is 1.14. The summed E-state index contributed by atoms with van der Waals surface area (Å²) in [6.07, 6.45) is 0.299. The minimum Gasteiger partial charge on any atom is -0.393 e. The van der Waals surface area contributed by atoms with Gasteiger partial charge in [-0.1, -0.05) is 37.3 Å². The first-order valence-electron chi connectivity index (χ1n) is 4.08. The maximum Gasteiger partial charge on any atom is 0.158 e. The van der Waals surface area contributed by atoms with Crippen LogP contribution in [0.5, 0.6) is 0 Å². The van der Waals surface area contributed by atoms with Crippen LogP contribution in [0.3, 0.4) is 0 Å². The number of benzene rings is 1. The van der Waals surface area contributed by atoms with Gasteiger partial charge in [0.05, 0.1) is 6.61 Å². The summed E-state index contributed by atoms with van der Waals surface area (Å²) in [6, 6.07) is 8.76. The van der Waals surface area contributed by atoms with Gasteiger partial charge >= 0.3 is 0 Å². The summed E-state index contributed by atoms with van der Waals surface area (Å²) < 4.78 is 13.7. The van der Waals surface area contributed by atoms with Gasteiger partial charge < -0.3 is 5.11 Å². The summed E-state index contributed by atoms with van der Waals surface area (Å²) in [5.74, 6) is 0. The van der Waals surface area contributed by atoms with E-state index < -0.39 is 12.3 Å². The largest absolute Gasteiger partial charge is 0.393 e. The maximum atomic E-state index is 13.7. The van der Waals surface area contributed by atoms with Crippen molar-refractivity contribution >= 4 is 0 Å². The molecule has 12 heavy (non-hydrogen) atoms. The number of aliphatic hydroxyl groups excluding tert-OH is 1. The van der Waals surface area contributed by atoms with Gasteiger partial charge in [0.15, 0.2) is 5.67 Å². The smallest absolute Gasteiger partial charge is 0.158 e. The Morgan fingerprint density at radius 3 is 2.33 bits per heavy atom. The van der Waals surface area contributed by atoms with Gasteiger partial charge in [0, 0.05) is 0 Å². The third-order valence-electron chi connectivity index (χ3n) is 2.10. The molecule has 1 N–H and O–H groups in total. The molecular formula is C10H13FO. The predicted octanol–water partition coefficient (Wildman–Crippen LogP) is 2.25. The Hall–Kier alpha value is -0.890. The molecule has 0 aromatic heterocycles. The lowest BCUT2D eigenvalue weighted by Gasteiger charge is -2.21. The SMILES string of the molecule is CCC(F)(CO)c1ccccc1. The molecule has 1 nitrogen and oxygen atoms in total. The number of halogens is 1. The van der Waals surface area contributed by atoms with E-state index in [2.05, 4.69) is 0 Å². The van der Waals surface area contributed by atoms with Crippen LogP contribution < -0.4 is 0 Å². The molecule has 0 bridgehead atoms. The summed E-state index contributed by atoms with van der Waals surface area (Å²) in [4.78, 5) is 0. The highest BCUT2D eigenvalue weighted by Crippen LogP contribution is 2.28. The van der Waals surface area contributed by atoms with Gasteiger partial charge in [-0.15, -0.1) is 0 Å². The molecule has 1 aromatic rings. The van der Waals surface area contributed by atoms with Crippen molar-refractivity contribution in [2.75, 3.05) is 6.61 Å². The molecule has 0 saturated heterocycles. The molecule has 0 radical (unpaired) electrons. The van der Waals surface area contributed by atoms with Crippen molar-refractivity contribution < 1.29 is 9.50 Å². The molecule has 0 aliphatic heterocycles. The van der Waals surface area contributed by atoms with Crippen LogP contribution in [-0.4, -0.2) is 11.7 Å². The monoisotopic (exact) mass is 168 g/mol. The van der Waals surface area contributed by atoms with Gasteiger partial charge in [-0.3, -0.25) is 0 Å². The Kier molecular flexibility index (Phi) is 2.82. The van der Waals surface area contributed by atoms with Crippen LogP contribution in [0, 0.1) is 0 Å². The summed E-state index contributed by atoms with van der Waals surface area (Å²) in [5.41, 5.74) is -1.02. The van der Waals surface area contributed by atoms with Crippen molar-refractivity contribution in [1.29, 1.82) is 0 Å². The van der Waals surface area contributed by atoms with Crippen LogP contribution in [-0.2, 0) is 5.67 Å². The van der Waals surface area contributed by atoms with Crippen molar-refractivity contribution in [3.63, 3.8) is 0 Å². The van der Waals surface area contributed by atoms with E-state index >= 15 is 0 Å². The Morgan fingerprint density at radius 1 is 1.33 bits per heavy atom. The van der Waals surface area contributed by atoms with Gasteiger partial charge in [-0.25, -0.2) is 4.39 Å². The molecule has 66 valence electrons. The van der Waals surface area contributed by atoms with Crippen molar-refractivity contribution in [1.82, 2.24) is 0 Å². The zero-order valence-corrected chi connectivity index (χ0v) is 7.13. The number of aliphatic hydroxyl groups is 1. The maximum absolute atomic E-state index is 13.7. The molecule has 0 aliphatic carbocycles. The van der Waals surface area contributed by atoms with Gasteiger partial charge in [0.1, 0.15) is 0 Å². The van der Waals surface area contributed by atoms with E-state index in [0.29, 0.717) is 12.0 Å². The summed E-state index contributed by atoms with van der Waals surface area (Å²) in [7, 11) is 0. The fourth-order valence-electron chi connectivity index (χ4n) is 1.14. The van der Waals surface area contributed by atoms with Gasteiger partial charge in [0.2, 0.25) is 0 Å². The van der Waals surface area contributed by atoms with Crippen LogP contribution in [0.25, 0.3) is 0 Å². The first kappa shape index (κ1) is 9.20. The van der Waals surface area contributed by atoms with E-state index in [1.807, 2.05) is 6.07 Å². The molecule has 0 aliphatic rings. The Bertz CT molecular complexity index is 229. The molecule has 0 amide bonds. The minimum absolute atomic E-state index is 0.299. The average molecular weight is 168 g/mol. The Labute approximate surface area is 71.9 Å². The first-order valence-corrected chi connectivity index (χ1v) is 4.08. The van der Waals surface area contributed by atoms with Gasteiger partial charge in [-0.2, -0.15) is 0 Å². The average Bonchev–Trinajstić information content (AvgIpc) is 2.18. The highest BCUT2D eigenvalue weighted by molar-refractivity contribution is 5.22. The quantitative estimate of drug-likeness (QED) is 0.734. The molecule has 2 heteroatoms. The van der Waals surface area contributed by atoms with E-state index in [4.69, 9.17) is 5.11 Å². The standard InChI is InChI=1S/C10H13FO/c1-2-10(11,8-12)9-6-4-3-5-7-9/h3-7,12H,2,8H2,1H3. The zero-order chi connectivity index (χ0) is 9.03. The van der Waals surface area contributed by atoms with Crippen LogP contribution in [0.4, 0.5) is 4.39 Å². The van der Waals surface area contributed by atoms with E-state index in [-0.39, 0.29) is 0 Å². The third kappa shape index (κ3) is 1.64. The first-order chi connectivity index (χ1) is 5.73. The fraction of sp³-hybridized carbons (Fsp3) is 0.400. The number of rotatable bonds is 3. The molecule has 0 fully saturated rings.